The van der Waals surface area contributed by atoms with E-state index in [9.17, 15) is 0 Å². The minimum absolute atomic E-state index is 0.148. The van der Waals surface area contributed by atoms with E-state index in [1.807, 2.05) is 60.7 Å². The van der Waals surface area contributed by atoms with E-state index in [2.05, 4.69) is 0 Å². The lowest BCUT2D eigenvalue weighted by molar-refractivity contribution is 0.220. The van der Waals surface area contributed by atoms with Crippen LogP contribution in [0.1, 0.15) is 0 Å². The number of para-hydroxylation sites is 2. The van der Waals surface area contributed by atoms with Gasteiger partial charge in [0.25, 0.3) is 0 Å². The van der Waals surface area contributed by atoms with Gasteiger partial charge >= 0.3 is 0 Å². The van der Waals surface area contributed by atoms with Gasteiger partial charge in [-0.2, -0.15) is 0 Å². The van der Waals surface area contributed by atoms with E-state index >= 15 is 0 Å². The van der Waals surface area contributed by atoms with Gasteiger partial charge in [0, 0.05) is 0 Å². The van der Waals surface area contributed by atoms with E-state index < -0.39 is 0 Å². The van der Waals surface area contributed by atoms with E-state index in [4.69, 9.17) is 15.2 Å². The lowest BCUT2D eigenvalue weighted by Gasteiger charge is -2.14. The zero-order chi connectivity index (χ0) is 12.6. The number of benzene rings is 2. The molecule has 0 unspecified atom stereocenters. The van der Waals surface area contributed by atoms with Gasteiger partial charge in [-0.05, 0) is 24.3 Å². The van der Waals surface area contributed by atoms with E-state index in [1.165, 1.54) is 0 Å². The average molecular weight is 243 g/mol. The van der Waals surface area contributed by atoms with Gasteiger partial charge in [0.1, 0.15) is 24.7 Å². The Morgan fingerprint density at radius 3 is 1.50 bits per heavy atom. The van der Waals surface area contributed by atoms with Crippen molar-refractivity contribution in [3.63, 3.8) is 0 Å². The number of ether oxygens (including phenoxy) is 2. The van der Waals surface area contributed by atoms with Gasteiger partial charge in [-0.25, -0.2) is 0 Å². The van der Waals surface area contributed by atoms with Crippen molar-refractivity contribution in [1.82, 2.24) is 0 Å². The summed E-state index contributed by atoms with van der Waals surface area (Å²) in [7, 11) is 0. The van der Waals surface area contributed by atoms with Gasteiger partial charge in [0.2, 0.25) is 0 Å². The minimum Gasteiger partial charge on any atom is -0.492 e. The van der Waals surface area contributed by atoms with Gasteiger partial charge < -0.3 is 15.2 Å². The Hall–Kier alpha value is -2.00. The van der Waals surface area contributed by atoms with Gasteiger partial charge in [0.15, 0.2) is 0 Å². The fraction of sp³-hybridized carbons (Fsp3) is 0.200. The standard InChI is InChI=1S/C15H17NO2/c16-13(11-17-14-7-3-1-4-8-14)12-18-15-9-5-2-6-10-15/h1-10,13H,11-12,16H2. The van der Waals surface area contributed by atoms with Crippen LogP contribution in [0.5, 0.6) is 11.5 Å². The summed E-state index contributed by atoms with van der Waals surface area (Å²) in [6.07, 6.45) is 0. The molecule has 0 fully saturated rings. The van der Waals surface area contributed by atoms with Crippen LogP contribution in [-0.4, -0.2) is 19.3 Å². The lowest BCUT2D eigenvalue weighted by Crippen LogP contribution is -2.34. The second-order valence-corrected chi connectivity index (χ2v) is 4.01. The summed E-state index contributed by atoms with van der Waals surface area (Å²) in [6, 6.07) is 19.1. The number of hydrogen-bond donors (Lipinski definition) is 1. The smallest absolute Gasteiger partial charge is 0.119 e. The largest absolute Gasteiger partial charge is 0.492 e. The molecule has 0 spiro atoms. The molecule has 0 aliphatic rings. The molecule has 3 heteroatoms. The van der Waals surface area contributed by atoms with Gasteiger partial charge in [-0.1, -0.05) is 36.4 Å². The molecule has 0 heterocycles. The monoisotopic (exact) mass is 243 g/mol. The molecule has 0 aliphatic heterocycles. The van der Waals surface area contributed by atoms with Gasteiger partial charge in [-0.15, -0.1) is 0 Å². The summed E-state index contributed by atoms with van der Waals surface area (Å²) in [4.78, 5) is 0. The van der Waals surface area contributed by atoms with Crippen LogP contribution in [0.15, 0.2) is 60.7 Å². The van der Waals surface area contributed by atoms with Crippen molar-refractivity contribution in [3.05, 3.63) is 60.7 Å². The van der Waals surface area contributed by atoms with Crippen LogP contribution in [0.2, 0.25) is 0 Å². The Morgan fingerprint density at radius 1 is 0.722 bits per heavy atom. The molecular weight excluding hydrogens is 226 g/mol. The molecular formula is C15H17NO2. The van der Waals surface area contributed by atoms with Crippen molar-refractivity contribution < 1.29 is 9.47 Å². The molecule has 0 saturated heterocycles. The molecule has 2 N–H and O–H groups in total. The quantitative estimate of drug-likeness (QED) is 0.847. The van der Waals surface area contributed by atoms with E-state index in [0.29, 0.717) is 13.2 Å². The molecule has 0 bridgehead atoms. The molecule has 0 amide bonds. The summed E-state index contributed by atoms with van der Waals surface area (Å²) >= 11 is 0. The highest BCUT2D eigenvalue weighted by Crippen LogP contribution is 2.10. The third kappa shape index (κ3) is 4.11. The van der Waals surface area contributed by atoms with Crippen LogP contribution in [-0.2, 0) is 0 Å². The van der Waals surface area contributed by atoms with Crippen molar-refractivity contribution in [3.8, 4) is 11.5 Å². The average Bonchev–Trinajstić information content (AvgIpc) is 2.45. The zero-order valence-corrected chi connectivity index (χ0v) is 10.2. The van der Waals surface area contributed by atoms with E-state index in [-0.39, 0.29) is 6.04 Å². The van der Waals surface area contributed by atoms with Crippen LogP contribution in [0.4, 0.5) is 0 Å². The molecule has 0 aliphatic carbocycles. The second kappa shape index (κ2) is 6.67. The summed E-state index contributed by atoms with van der Waals surface area (Å²) < 4.78 is 11.1. The Morgan fingerprint density at radius 2 is 1.11 bits per heavy atom. The summed E-state index contributed by atoms with van der Waals surface area (Å²) in [5, 5.41) is 0. The molecule has 0 saturated carbocycles. The first-order chi connectivity index (χ1) is 8.84. The highest BCUT2D eigenvalue weighted by molar-refractivity contribution is 5.21. The second-order valence-electron chi connectivity index (χ2n) is 4.01. The molecule has 3 nitrogen and oxygen atoms in total. The number of rotatable bonds is 6. The Bertz CT molecular complexity index is 401. The molecule has 0 atom stereocenters. The molecule has 2 rings (SSSR count). The minimum atomic E-state index is -0.148. The fourth-order valence-electron chi connectivity index (χ4n) is 1.49. The lowest BCUT2D eigenvalue weighted by atomic mass is 10.3. The van der Waals surface area contributed by atoms with Gasteiger partial charge in [0.05, 0.1) is 6.04 Å². The molecule has 2 aromatic rings. The van der Waals surface area contributed by atoms with Gasteiger partial charge in [-0.3, -0.25) is 0 Å². The third-order valence-electron chi connectivity index (χ3n) is 2.41. The molecule has 0 aromatic heterocycles. The van der Waals surface area contributed by atoms with Crippen LogP contribution < -0.4 is 15.2 Å². The maximum absolute atomic E-state index is 5.92. The first-order valence-electron chi connectivity index (χ1n) is 5.96. The fourth-order valence-corrected chi connectivity index (χ4v) is 1.49. The predicted octanol–water partition coefficient (Wildman–Crippen LogP) is 2.47. The topological polar surface area (TPSA) is 44.5 Å². The van der Waals surface area contributed by atoms with Crippen molar-refractivity contribution in [2.45, 2.75) is 6.04 Å². The van der Waals surface area contributed by atoms with Crippen molar-refractivity contribution in [2.75, 3.05) is 13.2 Å². The van der Waals surface area contributed by atoms with Crippen molar-refractivity contribution >= 4 is 0 Å². The molecule has 18 heavy (non-hydrogen) atoms. The third-order valence-corrected chi connectivity index (χ3v) is 2.41. The summed E-state index contributed by atoms with van der Waals surface area (Å²) in [5.41, 5.74) is 5.92. The molecule has 94 valence electrons. The molecule has 2 aromatic carbocycles. The van der Waals surface area contributed by atoms with Crippen LogP contribution in [0.25, 0.3) is 0 Å². The highest BCUT2D eigenvalue weighted by atomic mass is 16.5. The SMILES string of the molecule is NC(COc1ccccc1)COc1ccccc1. The first kappa shape index (κ1) is 12.5. The summed E-state index contributed by atoms with van der Waals surface area (Å²) in [5.74, 6) is 1.65. The predicted molar refractivity (Wildman–Crippen MR) is 71.8 cm³/mol. The zero-order valence-electron chi connectivity index (χ0n) is 10.2. The Kier molecular flexibility index (Phi) is 4.61. The maximum atomic E-state index is 5.92. The number of hydrogen-bond acceptors (Lipinski definition) is 3. The highest BCUT2D eigenvalue weighted by Gasteiger charge is 2.04. The van der Waals surface area contributed by atoms with Crippen LogP contribution >= 0.6 is 0 Å². The number of nitrogens with two attached hydrogens (primary N) is 1. The van der Waals surface area contributed by atoms with Crippen LogP contribution in [0.3, 0.4) is 0 Å². The molecule has 0 radical (unpaired) electrons. The van der Waals surface area contributed by atoms with Crippen molar-refractivity contribution in [2.24, 2.45) is 5.73 Å². The van der Waals surface area contributed by atoms with E-state index in [0.717, 1.165) is 11.5 Å². The summed E-state index contributed by atoms with van der Waals surface area (Å²) in [6.45, 7) is 0.883. The Labute approximate surface area is 107 Å². The Balaban J connectivity index is 1.71. The van der Waals surface area contributed by atoms with E-state index in [1.54, 1.807) is 0 Å². The normalized spacial score (nSPS) is 10.3. The first-order valence-corrected chi connectivity index (χ1v) is 5.96. The maximum Gasteiger partial charge on any atom is 0.119 e. The van der Waals surface area contributed by atoms with Crippen LogP contribution in [0, 0.1) is 0 Å². The van der Waals surface area contributed by atoms with Crippen molar-refractivity contribution in [1.29, 1.82) is 0 Å².